The Kier molecular flexibility index (Phi) is 281. The molecule has 0 unspecified atom stereocenters. The molecule has 0 saturated carbocycles. The third kappa shape index (κ3) is 15.2. The van der Waals surface area contributed by atoms with Crippen LogP contribution in [0.2, 0.25) is 0 Å². The van der Waals surface area contributed by atoms with Crippen molar-refractivity contribution in [2.75, 3.05) is 0 Å². The van der Waals surface area contributed by atoms with Gasteiger partial charge in [0.25, 0.3) is 0 Å². The molecule has 4 heavy (non-hydrogen) atoms. The summed E-state index contributed by atoms with van der Waals surface area (Å²) in [4.78, 5) is 0. The number of hydrogen-bond donors (Lipinski definition) is 0. The molecule has 3 heteroatoms. The van der Waals surface area contributed by atoms with Crippen LogP contribution in [-0.4, -0.2) is 0 Å². The van der Waals surface area contributed by atoms with Crippen molar-refractivity contribution in [1.82, 2.24) is 0 Å². The van der Waals surface area contributed by atoms with E-state index in [0.717, 1.165) is 0 Å². The van der Waals surface area contributed by atoms with E-state index in [4.69, 9.17) is 0 Å². The Bertz CT molecular complexity index is 8.00. The molecule has 0 aromatic rings. The maximum absolute atomic E-state index is 4.39. The molecule has 0 aliphatic heterocycles. The maximum atomic E-state index is 4.39. The van der Waals surface area contributed by atoms with Gasteiger partial charge in [0.2, 0.25) is 0 Å². The van der Waals surface area contributed by atoms with E-state index >= 15 is 0 Å². The van der Waals surface area contributed by atoms with Gasteiger partial charge in [0.15, 0.2) is 0 Å². The van der Waals surface area contributed by atoms with Crippen molar-refractivity contribution in [3.8, 4) is 0 Å². The first-order valence-electron chi connectivity index (χ1n) is 0.267. The van der Waals surface area contributed by atoms with Crippen molar-refractivity contribution in [2.24, 2.45) is 0 Å². The summed E-state index contributed by atoms with van der Waals surface area (Å²) in [6.07, 6.45) is 2.72. The van der Waals surface area contributed by atoms with Gasteiger partial charge >= 0.3 is 0 Å². The topological polar surface area (TPSA) is 0 Å². The SMILES string of the molecule is [CH2]Cl.[F-].[Mn]. The zero-order valence-corrected chi connectivity index (χ0v) is 3.78. The summed E-state index contributed by atoms with van der Waals surface area (Å²) in [6.45, 7) is 0. The van der Waals surface area contributed by atoms with Gasteiger partial charge in [-0.05, 0) is 0 Å². The molecule has 0 amide bonds. The largest absolute Gasteiger partial charge is 1.00 e. The number of hydrogen-bond acceptors (Lipinski definition) is 0. The van der Waals surface area contributed by atoms with Gasteiger partial charge in [-0.3, -0.25) is 0 Å². The Hall–Kier alpha value is 0.739. The van der Waals surface area contributed by atoms with Gasteiger partial charge in [-0.1, -0.05) is 0 Å². The molecule has 0 aromatic carbocycles. The molecule has 0 atom stereocenters. The van der Waals surface area contributed by atoms with Crippen molar-refractivity contribution in [3.63, 3.8) is 0 Å². The van der Waals surface area contributed by atoms with Crippen LogP contribution in [0.15, 0.2) is 0 Å². The summed E-state index contributed by atoms with van der Waals surface area (Å²) >= 11 is 4.39. The maximum Gasteiger partial charge on any atom is 0.0359 e. The molecule has 0 N–H and O–H groups in total. The van der Waals surface area contributed by atoms with E-state index in [0.29, 0.717) is 0 Å². The Morgan fingerprint density at radius 1 is 1.25 bits per heavy atom. The first-order chi connectivity index (χ1) is 1.00. The van der Waals surface area contributed by atoms with Gasteiger partial charge in [-0.15, -0.1) is 11.6 Å². The summed E-state index contributed by atoms with van der Waals surface area (Å²) in [6, 6.07) is 0. The van der Waals surface area contributed by atoms with Crippen LogP contribution in [-0.2, 0) is 17.1 Å². The quantitative estimate of drug-likeness (QED) is 0.328. The third-order valence-electron chi connectivity index (χ3n) is 0. The molecule has 0 spiro atoms. The van der Waals surface area contributed by atoms with Crippen molar-refractivity contribution in [1.29, 1.82) is 0 Å². The number of halogens is 2. The summed E-state index contributed by atoms with van der Waals surface area (Å²) in [7, 11) is 0. The second kappa shape index (κ2) is 51.3. The first kappa shape index (κ1) is 21.9. The fourth-order valence-corrected chi connectivity index (χ4v) is 0. The zero-order valence-electron chi connectivity index (χ0n) is 1.84. The predicted octanol–water partition coefficient (Wildman–Crippen LogP) is -1.98. The second-order valence-electron chi connectivity index (χ2n) is 0. The molecule has 0 heterocycles. The van der Waals surface area contributed by atoms with E-state index < -0.39 is 0 Å². The Morgan fingerprint density at radius 2 is 1.25 bits per heavy atom. The molecule has 0 rings (SSSR count). The van der Waals surface area contributed by atoms with Gasteiger partial charge in [0, 0.05) is 23.5 Å². The molecule has 28 valence electrons. The van der Waals surface area contributed by atoms with Crippen LogP contribution in [0.5, 0.6) is 0 Å². The van der Waals surface area contributed by atoms with Gasteiger partial charge in [0.1, 0.15) is 0 Å². The minimum atomic E-state index is 0. The molecule has 0 saturated heterocycles. The predicted molar refractivity (Wildman–Crippen MR) is 11.2 cm³/mol. The van der Waals surface area contributed by atoms with E-state index in [1.165, 1.54) is 0 Å². The van der Waals surface area contributed by atoms with Crippen LogP contribution in [0.4, 0.5) is 0 Å². The van der Waals surface area contributed by atoms with Crippen LogP contribution in [0.3, 0.4) is 0 Å². The zero-order chi connectivity index (χ0) is 2.00. The van der Waals surface area contributed by atoms with Crippen molar-refractivity contribution in [2.45, 2.75) is 0 Å². The Labute approximate surface area is 40.4 Å². The van der Waals surface area contributed by atoms with Crippen LogP contribution in [0.25, 0.3) is 0 Å². The smallest absolute Gasteiger partial charge is 0.0359 e. The van der Waals surface area contributed by atoms with Crippen LogP contribution >= 0.6 is 11.6 Å². The summed E-state index contributed by atoms with van der Waals surface area (Å²) in [5.41, 5.74) is 0. The summed E-state index contributed by atoms with van der Waals surface area (Å²) < 4.78 is 0. The fourth-order valence-electron chi connectivity index (χ4n) is 0. The third-order valence-corrected chi connectivity index (χ3v) is 0. The van der Waals surface area contributed by atoms with Crippen LogP contribution in [0.1, 0.15) is 0 Å². The minimum Gasteiger partial charge on any atom is -1.00 e. The van der Waals surface area contributed by atoms with Crippen LogP contribution in [0, 0.1) is 6.38 Å². The molecular formula is CH2ClFMn-. The molecule has 0 aromatic heterocycles. The molecule has 0 bridgehead atoms. The molecule has 0 fully saturated rings. The Morgan fingerprint density at radius 3 is 1.25 bits per heavy atom. The normalized spacial score (nSPS) is 1.50. The van der Waals surface area contributed by atoms with Crippen LogP contribution < -0.4 is 4.70 Å². The fraction of sp³-hybridized carbons (Fsp3) is 0. The minimum absolute atomic E-state index is 0. The summed E-state index contributed by atoms with van der Waals surface area (Å²) in [5, 5.41) is 0. The van der Waals surface area contributed by atoms with Gasteiger partial charge in [-0.2, -0.15) is 0 Å². The van der Waals surface area contributed by atoms with Crippen molar-refractivity contribution in [3.05, 3.63) is 6.38 Å². The number of rotatable bonds is 0. The molecule has 0 aliphatic rings. The molecule has 2 radical (unpaired) electrons. The monoisotopic (exact) mass is 123 g/mol. The average molecular weight is 123 g/mol. The van der Waals surface area contributed by atoms with Crippen molar-refractivity contribution >= 4 is 11.6 Å². The molecule has 0 nitrogen and oxygen atoms in total. The average Bonchev–Trinajstić information content (AvgIpc) is 1.00. The van der Waals surface area contributed by atoms with E-state index in [1.807, 2.05) is 0 Å². The van der Waals surface area contributed by atoms with E-state index in [9.17, 15) is 0 Å². The van der Waals surface area contributed by atoms with Gasteiger partial charge in [0.05, 0.1) is 0 Å². The van der Waals surface area contributed by atoms with E-state index in [-0.39, 0.29) is 21.8 Å². The standard InChI is InChI=1S/CH2Cl.FH.Mn/c1-2;;/h1H2;1H;/p-1. The van der Waals surface area contributed by atoms with Gasteiger partial charge in [-0.25, -0.2) is 0 Å². The summed E-state index contributed by atoms with van der Waals surface area (Å²) in [5.74, 6) is 0. The first-order valence-corrected chi connectivity index (χ1v) is 0.802. The van der Waals surface area contributed by atoms with E-state index in [2.05, 4.69) is 18.0 Å². The van der Waals surface area contributed by atoms with Crippen molar-refractivity contribution < 1.29 is 21.8 Å². The molecule has 0 aliphatic carbocycles. The second-order valence-corrected chi connectivity index (χ2v) is 0. The Balaban J connectivity index is -0.00000000500. The molecular weight excluding hydrogens is 121 g/mol. The van der Waals surface area contributed by atoms with E-state index in [1.54, 1.807) is 0 Å². The van der Waals surface area contributed by atoms with Gasteiger partial charge < -0.3 is 4.70 Å².